The quantitative estimate of drug-likeness (QED) is 0.843. The summed E-state index contributed by atoms with van der Waals surface area (Å²) >= 11 is 0. The molecule has 1 saturated heterocycles. The third kappa shape index (κ3) is 4.10. The number of aromatic nitrogens is 1. The highest BCUT2D eigenvalue weighted by Gasteiger charge is 2.18. The molecule has 0 saturated carbocycles. The Morgan fingerprint density at radius 1 is 1.41 bits per heavy atom. The number of pyridine rings is 1. The maximum atomic E-state index is 4.06. The molecule has 1 aliphatic rings. The van der Waals surface area contributed by atoms with Crippen LogP contribution in [-0.4, -0.2) is 35.6 Å². The summed E-state index contributed by atoms with van der Waals surface area (Å²) < 4.78 is 0. The van der Waals surface area contributed by atoms with Crippen LogP contribution in [0.3, 0.4) is 0 Å². The van der Waals surface area contributed by atoms with E-state index in [4.69, 9.17) is 0 Å². The van der Waals surface area contributed by atoms with Gasteiger partial charge in [0.15, 0.2) is 0 Å². The van der Waals surface area contributed by atoms with Gasteiger partial charge in [0.2, 0.25) is 0 Å². The summed E-state index contributed by atoms with van der Waals surface area (Å²) in [4.78, 5) is 6.61. The minimum atomic E-state index is 0.686. The van der Waals surface area contributed by atoms with Crippen LogP contribution in [-0.2, 0) is 6.54 Å². The van der Waals surface area contributed by atoms with Gasteiger partial charge in [0.25, 0.3) is 0 Å². The number of hydrogen-bond donors (Lipinski definition) is 1. The summed E-state index contributed by atoms with van der Waals surface area (Å²) in [6, 6.07) is 4.91. The largest absolute Gasteiger partial charge is 0.313 e. The van der Waals surface area contributed by atoms with Gasteiger partial charge in [0.05, 0.1) is 0 Å². The fourth-order valence-corrected chi connectivity index (χ4v) is 2.46. The van der Waals surface area contributed by atoms with Gasteiger partial charge < -0.3 is 5.32 Å². The number of likely N-dealkylation sites (tertiary alicyclic amines) is 1. The van der Waals surface area contributed by atoms with Crippen LogP contribution in [0.5, 0.6) is 0 Å². The van der Waals surface area contributed by atoms with Crippen molar-refractivity contribution in [3.8, 4) is 0 Å². The average Bonchev–Trinajstić information content (AvgIpc) is 2.38. The molecule has 1 aromatic heterocycles. The van der Waals surface area contributed by atoms with E-state index in [0.29, 0.717) is 6.04 Å². The van der Waals surface area contributed by atoms with Gasteiger partial charge >= 0.3 is 0 Å². The van der Waals surface area contributed by atoms with Crippen molar-refractivity contribution in [1.29, 1.82) is 0 Å². The molecule has 3 heteroatoms. The van der Waals surface area contributed by atoms with Gasteiger partial charge in [-0.1, -0.05) is 6.92 Å². The van der Waals surface area contributed by atoms with Crippen LogP contribution in [0.2, 0.25) is 0 Å². The molecule has 0 spiro atoms. The SMILES string of the molecule is CCCNC1CCCN(Cc2ccncc2)C1. The number of nitrogens with one attached hydrogen (secondary N) is 1. The maximum absolute atomic E-state index is 4.06. The summed E-state index contributed by atoms with van der Waals surface area (Å²) in [6.07, 6.45) is 7.62. The van der Waals surface area contributed by atoms with E-state index in [-0.39, 0.29) is 0 Å². The molecule has 0 amide bonds. The first-order valence-corrected chi connectivity index (χ1v) is 6.73. The molecule has 0 bridgehead atoms. The van der Waals surface area contributed by atoms with Crippen molar-refractivity contribution in [3.05, 3.63) is 30.1 Å². The lowest BCUT2D eigenvalue weighted by molar-refractivity contribution is 0.183. The van der Waals surface area contributed by atoms with E-state index < -0.39 is 0 Å². The molecule has 2 rings (SSSR count). The third-order valence-electron chi connectivity index (χ3n) is 3.34. The molecule has 1 unspecified atom stereocenters. The van der Waals surface area contributed by atoms with Crippen LogP contribution in [0, 0.1) is 0 Å². The first kappa shape index (κ1) is 12.5. The zero-order valence-electron chi connectivity index (χ0n) is 10.7. The molecule has 0 aromatic carbocycles. The van der Waals surface area contributed by atoms with Crippen LogP contribution in [0.25, 0.3) is 0 Å². The molecule has 0 aliphatic carbocycles. The normalized spacial score (nSPS) is 21.6. The Morgan fingerprint density at radius 2 is 2.24 bits per heavy atom. The van der Waals surface area contributed by atoms with Gasteiger partial charge in [-0.05, 0) is 50.0 Å². The van der Waals surface area contributed by atoms with Crippen LogP contribution in [0.15, 0.2) is 24.5 Å². The summed E-state index contributed by atoms with van der Waals surface area (Å²) in [7, 11) is 0. The van der Waals surface area contributed by atoms with E-state index in [9.17, 15) is 0 Å². The van der Waals surface area contributed by atoms with E-state index >= 15 is 0 Å². The molecule has 1 aliphatic heterocycles. The van der Waals surface area contributed by atoms with Gasteiger partial charge in [-0.15, -0.1) is 0 Å². The van der Waals surface area contributed by atoms with Gasteiger partial charge in [-0.3, -0.25) is 9.88 Å². The van der Waals surface area contributed by atoms with E-state index in [1.165, 1.54) is 37.9 Å². The van der Waals surface area contributed by atoms with Crippen molar-refractivity contribution in [2.45, 2.75) is 38.8 Å². The molecule has 2 heterocycles. The van der Waals surface area contributed by atoms with E-state index in [1.807, 2.05) is 12.4 Å². The van der Waals surface area contributed by atoms with E-state index in [2.05, 4.69) is 34.3 Å². The predicted octanol–water partition coefficient (Wildman–Crippen LogP) is 2.05. The lowest BCUT2D eigenvalue weighted by atomic mass is 10.0. The molecule has 1 aromatic rings. The number of hydrogen-bond acceptors (Lipinski definition) is 3. The van der Waals surface area contributed by atoms with Crippen LogP contribution >= 0.6 is 0 Å². The second kappa shape index (κ2) is 6.72. The summed E-state index contributed by atoms with van der Waals surface area (Å²) in [5, 5.41) is 3.63. The molecular formula is C14H23N3. The summed E-state index contributed by atoms with van der Waals surface area (Å²) in [6.45, 7) is 6.85. The number of rotatable bonds is 5. The van der Waals surface area contributed by atoms with Gasteiger partial charge in [-0.25, -0.2) is 0 Å². The van der Waals surface area contributed by atoms with Crippen LogP contribution in [0.1, 0.15) is 31.7 Å². The Balaban J connectivity index is 1.81. The molecule has 94 valence electrons. The predicted molar refractivity (Wildman–Crippen MR) is 70.8 cm³/mol. The van der Waals surface area contributed by atoms with Crippen LogP contribution in [0.4, 0.5) is 0 Å². The van der Waals surface area contributed by atoms with Crippen molar-refractivity contribution in [2.24, 2.45) is 0 Å². The third-order valence-corrected chi connectivity index (χ3v) is 3.34. The monoisotopic (exact) mass is 233 g/mol. The smallest absolute Gasteiger partial charge is 0.0271 e. The Morgan fingerprint density at radius 3 is 3.00 bits per heavy atom. The van der Waals surface area contributed by atoms with Crippen molar-refractivity contribution < 1.29 is 0 Å². The fraction of sp³-hybridized carbons (Fsp3) is 0.643. The molecule has 1 N–H and O–H groups in total. The topological polar surface area (TPSA) is 28.2 Å². The highest BCUT2D eigenvalue weighted by Crippen LogP contribution is 2.13. The van der Waals surface area contributed by atoms with Gasteiger partial charge in [-0.2, -0.15) is 0 Å². The Labute approximate surface area is 104 Å². The zero-order valence-corrected chi connectivity index (χ0v) is 10.7. The lowest BCUT2D eigenvalue weighted by Gasteiger charge is -2.33. The summed E-state index contributed by atoms with van der Waals surface area (Å²) in [5.41, 5.74) is 1.37. The Kier molecular flexibility index (Phi) is 4.95. The second-order valence-electron chi connectivity index (χ2n) is 4.88. The molecule has 1 atom stereocenters. The number of nitrogens with zero attached hydrogens (tertiary/aromatic N) is 2. The number of piperidine rings is 1. The zero-order chi connectivity index (χ0) is 11.9. The van der Waals surface area contributed by atoms with Gasteiger partial charge in [0, 0.05) is 31.5 Å². The Bertz CT molecular complexity index is 313. The van der Waals surface area contributed by atoms with Crippen molar-refractivity contribution in [1.82, 2.24) is 15.2 Å². The minimum Gasteiger partial charge on any atom is -0.313 e. The van der Waals surface area contributed by atoms with Crippen molar-refractivity contribution in [3.63, 3.8) is 0 Å². The standard InChI is InChI=1S/C14H23N3/c1-2-7-16-14-4-3-10-17(12-14)11-13-5-8-15-9-6-13/h5-6,8-9,14,16H,2-4,7,10-12H2,1H3. The van der Waals surface area contributed by atoms with Crippen molar-refractivity contribution in [2.75, 3.05) is 19.6 Å². The van der Waals surface area contributed by atoms with Gasteiger partial charge in [0.1, 0.15) is 0 Å². The molecule has 17 heavy (non-hydrogen) atoms. The van der Waals surface area contributed by atoms with Crippen LogP contribution < -0.4 is 5.32 Å². The fourth-order valence-electron chi connectivity index (χ4n) is 2.46. The molecule has 0 radical (unpaired) electrons. The minimum absolute atomic E-state index is 0.686. The Hall–Kier alpha value is -0.930. The van der Waals surface area contributed by atoms with Crippen molar-refractivity contribution >= 4 is 0 Å². The molecule has 1 fully saturated rings. The average molecular weight is 233 g/mol. The first-order chi connectivity index (χ1) is 8.38. The first-order valence-electron chi connectivity index (χ1n) is 6.73. The summed E-state index contributed by atoms with van der Waals surface area (Å²) in [5.74, 6) is 0. The molecule has 3 nitrogen and oxygen atoms in total. The molecular weight excluding hydrogens is 210 g/mol. The second-order valence-corrected chi connectivity index (χ2v) is 4.88. The highest BCUT2D eigenvalue weighted by molar-refractivity contribution is 5.09. The highest BCUT2D eigenvalue weighted by atomic mass is 15.2. The van der Waals surface area contributed by atoms with E-state index in [0.717, 1.165) is 13.1 Å². The maximum Gasteiger partial charge on any atom is 0.0271 e. The lowest BCUT2D eigenvalue weighted by Crippen LogP contribution is -2.45. The van der Waals surface area contributed by atoms with E-state index in [1.54, 1.807) is 0 Å².